The molecule has 0 saturated heterocycles. The number of rotatable bonds is 2. The standard InChI is InChI=1S/C16H11BrClN3/c1-10-7-12(17)5-6-13(10)21-14-4-2-3-11(9-19)16(14)20-15(21)8-18/h2-7H,8H2,1H3. The van der Waals surface area contributed by atoms with Crippen LogP contribution in [0.2, 0.25) is 0 Å². The van der Waals surface area contributed by atoms with E-state index in [1.807, 2.05) is 41.8 Å². The van der Waals surface area contributed by atoms with Crippen LogP contribution >= 0.6 is 27.5 Å². The van der Waals surface area contributed by atoms with Gasteiger partial charge >= 0.3 is 0 Å². The molecular formula is C16H11BrClN3. The minimum absolute atomic E-state index is 0.287. The maximum absolute atomic E-state index is 9.23. The van der Waals surface area contributed by atoms with Crippen LogP contribution < -0.4 is 0 Å². The highest BCUT2D eigenvalue weighted by Gasteiger charge is 2.15. The van der Waals surface area contributed by atoms with Gasteiger partial charge in [-0.3, -0.25) is 4.57 Å². The first-order chi connectivity index (χ1) is 10.2. The summed E-state index contributed by atoms with van der Waals surface area (Å²) in [5, 5.41) is 9.23. The van der Waals surface area contributed by atoms with Crippen LogP contribution in [0.1, 0.15) is 17.0 Å². The maximum Gasteiger partial charge on any atom is 0.129 e. The van der Waals surface area contributed by atoms with Crippen molar-refractivity contribution in [2.45, 2.75) is 12.8 Å². The highest BCUT2D eigenvalue weighted by molar-refractivity contribution is 9.10. The predicted octanol–water partition coefficient (Wildman–Crippen LogP) is 4.71. The van der Waals surface area contributed by atoms with E-state index in [9.17, 15) is 5.26 Å². The van der Waals surface area contributed by atoms with E-state index in [1.54, 1.807) is 6.07 Å². The lowest BCUT2D eigenvalue weighted by Crippen LogP contribution is -2.01. The molecule has 0 aliphatic rings. The second-order valence-corrected chi connectivity index (χ2v) is 5.90. The lowest BCUT2D eigenvalue weighted by atomic mass is 10.1. The van der Waals surface area contributed by atoms with Gasteiger partial charge in [-0.15, -0.1) is 11.6 Å². The van der Waals surface area contributed by atoms with Crippen LogP contribution in [0.15, 0.2) is 40.9 Å². The summed E-state index contributed by atoms with van der Waals surface area (Å²) in [4.78, 5) is 4.54. The average molecular weight is 361 g/mol. The molecule has 1 heterocycles. The van der Waals surface area contributed by atoms with E-state index in [1.165, 1.54) is 0 Å². The topological polar surface area (TPSA) is 41.6 Å². The van der Waals surface area contributed by atoms with Gasteiger partial charge in [0.15, 0.2) is 0 Å². The summed E-state index contributed by atoms with van der Waals surface area (Å²) in [7, 11) is 0. The number of fused-ring (bicyclic) bond motifs is 1. The fourth-order valence-electron chi connectivity index (χ4n) is 2.47. The number of halogens is 2. The van der Waals surface area contributed by atoms with E-state index in [0.29, 0.717) is 11.1 Å². The van der Waals surface area contributed by atoms with E-state index in [0.717, 1.165) is 27.1 Å². The zero-order valence-electron chi connectivity index (χ0n) is 11.3. The molecule has 104 valence electrons. The van der Waals surface area contributed by atoms with E-state index in [2.05, 4.69) is 27.0 Å². The summed E-state index contributed by atoms with van der Waals surface area (Å²) in [6.07, 6.45) is 0. The Morgan fingerprint density at radius 2 is 2.14 bits per heavy atom. The molecule has 0 radical (unpaired) electrons. The molecule has 5 heteroatoms. The normalized spacial score (nSPS) is 10.8. The van der Waals surface area contributed by atoms with Crippen molar-refractivity contribution < 1.29 is 0 Å². The first-order valence-electron chi connectivity index (χ1n) is 6.38. The molecule has 0 saturated carbocycles. The number of benzene rings is 2. The fraction of sp³-hybridized carbons (Fsp3) is 0.125. The summed E-state index contributed by atoms with van der Waals surface area (Å²) in [5.74, 6) is 1.02. The van der Waals surface area contributed by atoms with Gasteiger partial charge in [0.05, 0.1) is 22.6 Å². The van der Waals surface area contributed by atoms with Gasteiger partial charge in [0, 0.05) is 4.47 Å². The maximum atomic E-state index is 9.23. The summed E-state index contributed by atoms with van der Waals surface area (Å²) >= 11 is 9.53. The number of aryl methyl sites for hydroxylation is 1. The molecule has 3 nitrogen and oxygen atoms in total. The lowest BCUT2D eigenvalue weighted by molar-refractivity contribution is 0.972. The van der Waals surface area contributed by atoms with Crippen molar-refractivity contribution in [3.63, 3.8) is 0 Å². The van der Waals surface area contributed by atoms with E-state index in [4.69, 9.17) is 11.6 Å². The molecule has 0 aliphatic carbocycles. The van der Waals surface area contributed by atoms with Gasteiger partial charge in [-0.1, -0.05) is 22.0 Å². The van der Waals surface area contributed by atoms with Gasteiger partial charge in [-0.05, 0) is 42.8 Å². The summed E-state index contributed by atoms with van der Waals surface area (Å²) < 4.78 is 3.05. The Balaban J connectivity index is 2.39. The molecule has 1 aromatic heterocycles. The SMILES string of the molecule is Cc1cc(Br)ccc1-n1c(CCl)nc2c(C#N)cccc21. The van der Waals surface area contributed by atoms with Gasteiger partial charge in [-0.2, -0.15) is 5.26 Å². The van der Waals surface area contributed by atoms with Gasteiger partial charge in [-0.25, -0.2) is 4.98 Å². The lowest BCUT2D eigenvalue weighted by Gasteiger charge is -2.11. The van der Waals surface area contributed by atoms with E-state index < -0.39 is 0 Å². The number of hydrogen-bond acceptors (Lipinski definition) is 2. The van der Waals surface area contributed by atoms with Gasteiger partial charge < -0.3 is 0 Å². The van der Waals surface area contributed by atoms with Gasteiger partial charge in [0.1, 0.15) is 17.4 Å². The molecule has 0 fully saturated rings. The van der Waals surface area contributed by atoms with Crippen molar-refractivity contribution in [3.05, 3.63) is 57.8 Å². The van der Waals surface area contributed by atoms with E-state index >= 15 is 0 Å². The number of nitriles is 1. The van der Waals surface area contributed by atoms with Crippen molar-refractivity contribution in [2.24, 2.45) is 0 Å². The number of nitrogens with zero attached hydrogens (tertiary/aromatic N) is 3. The Morgan fingerprint density at radius 1 is 1.33 bits per heavy atom. The molecule has 0 bridgehead atoms. The Bertz CT molecular complexity index is 877. The minimum Gasteiger partial charge on any atom is -0.295 e. The second-order valence-electron chi connectivity index (χ2n) is 4.71. The molecule has 3 rings (SSSR count). The molecule has 0 amide bonds. The second kappa shape index (κ2) is 5.51. The fourth-order valence-corrected chi connectivity index (χ4v) is 3.12. The third-order valence-corrected chi connectivity index (χ3v) is 4.13. The number of aromatic nitrogens is 2. The summed E-state index contributed by atoms with van der Waals surface area (Å²) in [6, 6.07) is 13.8. The minimum atomic E-state index is 0.287. The molecule has 0 unspecified atom stereocenters. The molecular weight excluding hydrogens is 350 g/mol. The third-order valence-electron chi connectivity index (χ3n) is 3.39. The Kier molecular flexibility index (Phi) is 3.71. The number of hydrogen-bond donors (Lipinski definition) is 0. The van der Waals surface area contributed by atoms with Gasteiger partial charge in [0.2, 0.25) is 0 Å². The van der Waals surface area contributed by atoms with Crippen LogP contribution in [0.25, 0.3) is 16.7 Å². The predicted molar refractivity (Wildman–Crippen MR) is 87.8 cm³/mol. The van der Waals surface area contributed by atoms with Crippen LogP contribution in [-0.4, -0.2) is 9.55 Å². The van der Waals surface area contributed by atoms with Crippen molar-refractivity contribution in [1.29, 1.82) is 5.26 Å². The number of imidazole rings is 1. The molecule has 0 aliphatic heterocycles. The highest BCUT2D eigenvalue weighted by Crippen LogP contribution is 2.28. The zero-order chi connectivity index (χ0) is 15.0. The van der Waals surface area contributed by atoms with Crippen LogP contribution in [0.5, 0.6) is 0 Å². The average Bonchev–Trinajstić information content (AvgIpc) is 2.85. The molecule has 0 spiro atoms. The zero-order valence-corrected chi connectivity index (χ0v) is 13.6. The molecule has 2 aromatic carbocycles. The quantitative estimate of drug-likeness (QED) is 0.621. The Labute approximate surface area is 135 Å². The third kappa shape index (κ3) is 2.33. The molecule has 0 atom stereocenters. The van der Waals surface area contributed by atoms with Gasteiger partial charge in [0.25, 0.3) is 0 Å². The van der Waals surface area contributed by atoms with Crippen molar-refractivity contribution >= 4 is 38.6 Å². The van der Waals surface area contributed by atoms with Crippen LogP contribution in [-0.2, 0) is 5.88 Å². The van der Waals surface area contributed by atoms with Crippen LogP contribution in [0.4, 0.5) is 0 Å². The Hall–Kier alpha value is -1.83. The monoisotopic (exact) mass is 359 g/mol. The molecule has 0 N–H and O–H groups in total. The highest BCUT2D eigenvalue weighted by atomic mass is 79.9. The summed E-state index contributed by atoms with van der Waals surface area (Å²) in [5.41, 5.74) is 4.28. The number of para-hydroxylation sites is 1. The smallest absolute Gasteiger partial charge is 0.129 e. The van der Waals surface area contributed by atoms with E-state index in [-0.39, 0.29) is 5.88 Å². The van der Waals surface area contributed by atoms with Crippen molar-refractivity contribution in [1.82, 2.24) is 9.55 Å². The first-order valence-corrected chi connectivity index (χ1v) is 7.71. The number of alkyl halides is 1. The van der Waals surface area contributed by atoms with Crippen molar-refractivity contribution in [2.75, 3.05) is 0 Å². The first kappa shape index (κ1) is 14.1. The molecule has 21 heavy (non-hydrogen) atoms. The molecule has 3 aromatic rings. The van der Waals surface area contributed by atoms with Crippen LogP contribution in [0, 0.1) is 18.3 Å². The van der Waals surface area contributed by atoms with Crippen molar-refractivity contribution in [3.8, 4) is 11.8 Å². The Morgan fingerprint density at radius 3 is 2.81 bits per heavy atom. The largest absolute Gasteiger partial charge is 0.295 e. The van der Waals surface area contributed by atoms with Crippen LogP contribution in [0.3, 0.4) is 0 Å². The summed E-state index contributed by atoms with van der Waals surface area (Å²) in [6.45, 7) is 2.04.